The minimum absolute atomic E-state index is 0.121. The first-order valence-corrected chi connectivity index (χ1v) is 5.93. The molecule has 12 heavy (non-hydrogen) atoms. The van der Waals surface area contributed by atoms with Crippen molar-refractivity contribution in [2.75, 3.05) is 20.4 Å². The summed E-state index contributed by atoms with van der Waals surface area (Å²) in [7, 11) is 1.44. The summed E-state index contributed by atoms with van der Waals surface area (Å²) in [5.74, 6) is 0.766. The Morgan fingerprint density at radius 3 is 2.50 bits per heavy atom. The average molecular weight is 184 g/mol. The summed E-state index contributed by atoms with van der Waals surface area (Å²) in [5.41, 5.74) is 0. The zero-order valence-corrected chi connectivity index (χ0v) is 8.43. The van der Waals surface area contributed by atoms with E-state index in [9.17, 15) is 5.11 Å². The van der Waals surface area contributed by atoms with Gasteiger partial charge >= 0.3 is 0 Å². The molecule has 0 saturated carbocycles. The first kappa shape index (κ1) is 9.34. The van der Waals surface area contributed by atoms with Crippen molar-refractivity contribution in [1.82, 2.24) is 0 Å². The fourth-order valence-electron chi connectivity index (χ4n) is 0.944. The van der Waals surface area contributed by atoms with Gasteiger partial charge in [-0.05, 0) is 30.8 Å². The molecule has 0 aliphatic rings. The maximum atomic E-state index is 9.30. The van der Waals surface area contributed by atoms with Crippen molar-refractivity contribution in [2.24, 2.45) is 0 Å². The molecule has 66 valence electrons. The molecule has 0 aliphatic heterocycles. The molecule has 0 aromatic heterocycles. The molecule has 0 unspecified atom stereocenters. The largest absolute Gasteiger partial charge is 0.504 e. The van der Waals surface area contributed by atoms with E-state index in [0.29, 0.717) is 5.75 Å². The molecule has 0 amide bonds. The van der Waals surface area contributed by atoms with Gasteiger partial charge in [0.2, 0.25) is 0 Å². The van der Waals surface area contributed by atoms with Crippen LogP contribution in [0.25, 0.3) is 0 Å². The van der Waals surface area contributed by atoms with Crippen molar-refractivity contribution in [3.63, 3.8) is 0 Å². The molecule has 2 nitrogen and oxygen atoms in total. The normalized spacial score (nSPS) is 10.3. The second kappa shape index (κ2) is 3.77. The van der Waals surface area contributed by atoms with E-state index in [1.165, 1.54) is 5.30 Å². The minimum Gasteiger partial charge on any atom is -0.504 e. The van der Waals surface area contributed by atoms with Crippen LogP contribution in [0.4, 0.5) is 0 Å². The Kier molecular flexibility index (Phi) is 2.93. The van der Waals surface area contributed by atoms with Gasteiger partial charge in [0, 0.05) is 0 Å². The third-order valence-corrected chi connectivity index (χ3v) is 2.99. The highest BCUT2D eigenvalue weighted by Gasteiger charge is 2.04. The van der Waals surface area contributed by atoms with Gasteiger partial charge in [-0.1, -0.05) is 14.0 Å². The van der Waals surface area contributed by atoms with Crippen molar-refractivity contribution in [2.45, 2.75) is 0 Å². The summed E-state index contributed by atoms with van der Waals surface area (Å²) in [6.45, 7) is 4.34. The Hall–Kier alpha value is -0.750. The summed E-state index contributed by atoms with van der Waals surface area (Å²) in [6, 6.07) is 5.50. The van der Waals surface area contributed by atoms with E-state index in [4.69, 9.17) is 4.74 Å². The fraction of sp³-hybridized carbons (Fsp3) is 0.333. The number of benzene rings is 1. The standard InChI is InChI=1S/C9H13O2P/c1-11-9-6-7(12(2)3)4-5-8(9)10/h4-6,10H,1-3H3. The van der Waals surface area contributed by atoms with Crippen LogP contribution in [0.1, 0.15) is 0 Å². The van der Waals surface area contributed by atoms with Gasteiger partial charge in [-0.15, -0.1) is 0 Å². The first-order valence-electron chi connectivity index (χ1n) is 3.69. The Balaban J connectivity index is 3.05. The highest BCUT2D eigenvalue weighted by atomic mass is 31.1. The molecule has 0 spiro atoms. The summed E-state index contributed by atoms with van der Waals surface area (Å²) >= 11 is 0. The second-order valence-corrected chi connectivity index (χ2v) is 5.06. The van der Waals surface area contributed by atoms with Gasteiger partial charge in [-0.3, -0.25) is 0 Å². The predicted octanol–water partition coefficient (Wildman–Crippen LogP) is 1.77. The van der Waals surface area contributed by atoms with Gasteiger partial charge in [0.25, 0.3) is 0 Å². The molecule has 0 bridgehead atoms. The third-order valence-electron chi connectivity index (χ3n) is 1.68. The van der Waals surface area contributed by atoms with Crippen molar-refractivity contribution in [3.05, 3.63) is 18.2 Å². The summed E-state index contributed by atoms with van der Waals surface area (Å²) in [5, 5.41) is 10.5. The van der Waals surface area contributed by atoms with E-state index in [2.05, 4.69) is 13.3 Å². The lowest BCUT2D eigenvalue weighted by Gasteiger charge is -2.08. The van der Waals surface area contributed by atoms with Gasteiger partial charge in [0.15, 0.2) is 11.5 Å². The predicted molar refractivity (Wildman–Crippen MR) is 53.1 cm³/mol. The number of ether oxygens (including phenoxy) is 1. The Bertz CT molecular complexity index is 271. The molecule has 1 N–H and O–H groups in total. The Labute approximate surface area is 73.9 Å². The SMILES string of the molecule is COc1cc(P(C)C)ccc1O. The van der Waals surface area contributed by atoms with Crippen LogP contribution in [-0.4, -0.2) is 25.5 Å². The van der Waals surface area contributed by atoms with Crippen LogP contribution in [0.15, 0.2) is 18.2 Å². The van der Waals surface area contributed by atoms with E-state index in [1.54, 1.807) is 13.2 Å². The van der Waals surface area contributed by atoms with Gasteiger partial charge in [-0.25, -0.2) is 0 Å². The van der Waals surface area contributed by atoms with Crippen LogP contribution in [-0.2, 0) is 0 Å². The molecule has 1 aromatic rings. The quantitative estimate of drug-likeness (QED) is 0.710. The van der Waals surface area contributed by atoms with E-state index < -0.39 is 0 Å². The van der Waals surface area contributed by atoms with Crippen LogP contribution in [0.5, 0.6) is 11.5 Å². The lowest BCUT2D eigenvalue weighted by atomic mass is 10.3. The topological polar surface area (TPSA) is 29.5 Å². The minimum atomic E-state index is -0.121. The first-order chi connectivity index (χ1) is 5.65. The molecule has 0 atom stereocenters. The smallest absolute Gasteiger partial charge is 0.161 e. The molecule has 0 fully saturated rings. The maximum absolute atomic E-state index is 9.30. The number of hydrogen-bond donors (Lipinski definition) is 1. The van der Waals surface area contributed by atoms with Crippen molar-refractivity contribution >= 4 is 13.2 Å². The summed E-state index contributed by atoms with van der Waals surface area (Å²) in [6.07, 6.45) is 0. The number of hydrogen-bond acceptors (Lipinski definition) is 2. The van der Waals surface area contributed by atoms with Gasteiger partial charge < -0.3 is 9.84 Å². The molecule has 1 rings (SSSR count). The van der Waals surface area contributed by atoms with E-state index >= 15 is 0 Å². The number of phenolic OH excluding ortho intramolecular Hbond substituents is 1. The molecule has 0 aliphatic carbocycles. The Morgan fingerprint density at radius 1 is 1.33 bits per heavy atom. The molecule has 0 saturated heterocycles. The summed E-state index contributed by atoms with van der Waals surface area (Å²) in [4.78, 5) is 0. The lowest BCUT2D eigenvalue weighted by Crippen LogP contribution is -1.99. The number of phenols is 1. The van der Waals surface area contributed by atoms with Crippen molar-refractivity contribution in [3.8, 4) is 11.5 Å². The van der Waals surface area contributed by atoms with Crippen LogP contribution in [0.2, 0.25) is 0 Å². The van der Waals surface area contributed by atoms with E-state index in [0.717, 1.165) is 0 Å². The van der Waals surface area contributed by atoms with Gasteiger partial charge in [-0.2, -0.15) is 0 Å². The molecule has 0 heterocycles. The van der Waals surface area contributed by atoms with E-state index in [1.807, 2.05) is 12.1 Å². The number of rotatable bonds is 2. The van der Waals surface area contributed by atoms with Crippen LogP contribution in [0, 0.1) is 0 Å². The Morgan fingerprint density at radius 2 is 2.00 bits per heavy atom. The highest BCUT2D eigenvalue weighted by Crippen LogP contribution is 2.30. The second-order valence-electron chi connectivity index (χ2n) is 2.75. The highest BCUT2D eigenvalue weighted by molar-refractivity contribution is 7.64. The number of aromatic hydroxyl groups is 1. The van der Waals surface area contributed by atoms with Gasteiger partial charge in [0.1, 0.15) is 0 Å². The molecule has 1 aromatic carbocycles. The van der Waals surface area contributed by atoms with Crippen molar-refractivity contribution < 1.29 is 9.84 Å². The van der Waals surface area contributed by atoms with Crippen LogP contribution < -0.4 is 10.0 Å². The maximum Gasteiger partial charge on any atom is 0.161 e. The number of methoxy groups -OCH3 is 1. The van der Waals surface area contributed by atoms with Gasteiger partial charge in [0.05, 0.1) is 7.11 Å². The van der Waals surface area contributed by atoms with Crippen LogP contribution >= 0.6 is 7.92 Å². The monoisotopic (exact) mass is 184 g/mol. The van der Waals surface area contributed by atoms with Crippen molar-refractivity contribution in [1.29, 1.82) is 0 Å². The molecular weight excluding hydrogens is 171 g/mol. The molecule has 3 heteroatoms. The third kappa shape index (κ3) is 1.89. The molecule has 0 radical (unpaired) electrons. The molecular formula is C9H13O2P. The fourth-order valence-corrected chi connectivity index (χ4v) is 1.69. The zero-order chi connectivity index (χ0) is 9.14. The zero-order valence-electron chi connectivity index (χ0n) is 7.53. The van der Waals surface area contributed by atoms with Crippen LogP contribution in [0.3, 0.4) is 0 Å². The summed E-state index contributed by atoms with van der Waals surface area (Å²) < 4.78 is 5.00. The lowest BCUT2D eigenvalue weighted by molar-refractivity contribution is 0.374. The average Bonchev–Trinajstić information content (AvgIpc) is 2.05. The van der Waals surface area contributed by atoms with E-state index in [-0.39, 0.29) is 13.7 Å².